The maximum absolute atomic E-state index is 2.27. The Labute approximate surface area is 70.6 Å². The van der Waals surface area contributed by atoms with E-state index in [0.29, 0.717) is 5.92 Å². The van der Waals surface area contributed by atoms with Gasteiger partial charge in [-0.05, 0) is 6.08 Å². The second kappa shape index (κ2) is 2.97. The highest BCUT2D eigenvalue weighted by molar-refractivity contribution is 7.82. The fraction of sp³-hybridized carbons (Fsp3) is 0.100. The van der Waals surface area contributed by atoms with E-state index < -0.39 is 0 Å². The Morgan fingerprint density at radius 3 is 2.64 bits per heavy atom. The Hall–Kier alpha value is -0.950. The minimum atomic E-state index is 0.522. The van der Waals surface area contributed by atoms with Gasteiger partial charge in [0.1, 0.15) is 0 Å². The van der Waals surface area contributed by atoms with Crippen molar-refractivity contribution in [2.75, 3.05) is 0 Å². The van der Waals surface area contributed by atoms with Crippen LogP contribution >= 0.6 is 0 Å². The molecule has 0 spiro atoms. The van der Waals surface area contributed by atoms with Crippen molar-refractivity contribution in [3.63, 3.8) is 0 Å². The van der Waals surface area contributed by atoms with Crippen molar-refractivity contribution in [3.05, 3.63) is 47.4 Å². The highest BCUT2D eigenvalue weighted by Crippen LogP contribution is 2.14. The van der Waals surface area contributed by atoms with E-state index in [1.54, 1.807) is 11.4 Å². The zero-order valence-electron chi connectivity index (χ0n) is 6.10. The molecule has 0 fully saturated rings. The Kier molecular flexibility index (Phi) is 1.82. The van der Waals surface area contributed by atoms with Crippen LogP contribution in [-0.2, 0) is 11.4 Å². The van der Waals surface area contributed by atoms with Gasteiger partial charge in [-0.3, -0.25) is 0 Å². The van der Waals surface area contributed by atoms with E-state index in [4.69, 9.17) is 0 Å². The second-order valence-electron chi connectivity index (χ2n) is 2.53. The third-order valence-electron chi connectivity index (χ3n) is 1.68. The molecule has 11 heavy (non-hydrogen) atoms. The topological polar surface area (TPSA) is 0 Å². The van der Waals surface area contributed by atoms with Gasteiger partial charge in [-0.25, -0.2) is 0 Å². The summed E-state index contributed by atoms with van der Waals surface area (Å²) in [6.45, 7) is 0. The van der Waals surface area contributed by atoms with Crippen molar-refractivity contribution in [2.24, 2.45) is 5.92 Å². The molecular weight excluding hydrogens is 152 g/mol. The molecule has 0 bridgehead atoms. The minimum absolute atomic E-state index is 0.522. The molecule has 0 atom stereocenters. The zero-order valence-corrected chi connectivity index (χ0v) is 6.92. The van der Waals surface area contributed by atoms with Gasteiger partial charge in [-0.1, -0.05) is 24.3 Å². The van der Waals surface area contributed by atoms with E-state index >= 15 is 0 Å². The molecular formula is C10H9S+. The first kappa shape index (κ1) is 6.74. The van der Waals surface area contributed by atoms with Gasteiger partial charge in [0.15, 0.2) is 5.37 Å². The Morgan fingerprint density at radius 2 is 2.00 bits per heavy atom. The van der Waals surface area contributed by atoms with Crippen LogP contribution in [0, 0.1) is 5.92 Å². The molecule has 0 aromatic heterocycles. The molecule has 0 aromatic rings. The molecule has 0 unspecified atom stereocenters. The second-order valence-corrected chi connectivity index (χ2v) is 3.51. The average Bonchev–Trinajstić information content (AvgIpc) is 2.60. The van der Waals surface area contributed by atoms with Gasteiger partial charge in [0, 0.05) is 18.1 Å². The molecule has 54 valence electrons. The Balaban J connectivity index is 2.14. The monoisotopic (exact) mass is 161 g/mol. The molecule has 0 saturated carbocycles. The van der Waals surface area contributed by atoms with Crippen molar-refractivity contribution in [1.29, 1.82) is 0 Å². The Bertz CT molecular complexity index is 264. The lowest BCUT2D eigenvalue weighted by molar-refractivity contribution is 1.09. The molecule has 2 rings (SSSR count). The standard InChI is InChI=1S/C10H9S/c1-2-5-9(4-1)8-10-6-3-7-11-10/h1-9H/q+1/b10-8-. The van der Waals surface area contributed by atoms with Gasteiger partial charge >= 0.3 is 0 Å². The van der Waals surface area contributed by atoms with E-state index in [-0.39, 0.29) is 0 Å². The molecule has 0 radical (unpaired) electrons. The first-order valence-electron chi connectivity index (χ1n) is 3.68. The van der Waals surface area contributed by atoms with Gasteiger partial charge in [-0.15, -0.1) is 0 Å². The van der Waals surface area contributed by atoms with Crippen LogP contribution in [0.2, 0.25) is 0 Å². The van der Waals surface area contributed by atoms with Crippen LogP contribution in [-0.4, -0.2) is 5.37 Å². The summed E-state index contributed by atoms with van der Waals surface area (Å²) < 4.78 is 0. The lowest BCUT2D eigenvalue weighted by atomic mass is 10.1. The predicted molar refractivity (Wildman–Crippen MR) is 52.4 cm³/mol. The lowest BCUT2D eigenvalue weighted by Gasteiger charge is -1.90. The number of allylic oxidation sites excluding steroid dienone is 7. The molecule has 1 heterocycles. The molecule has 0 aromatic carbocycles. The van der Waals surface area contributed by atoms with Crippen LogP contribution < -0.4 is 0 Å². The van der Waals surface area contributed by atoms with Crippen molar-refractivity contribution >= 4 is 16.7 Å². The zero-order chi connectivity index (χ0) is 7.52. The van der Waals surface area contributed by atoms with E-state index in [1.165, 1.54) is 4.91 Å². The van der Waals surface area contributed by atoms with Crippen molar-refractivity contribution < 1.29 is 0 Å². The fourth-order valence-electron chi connectivity index (χ4n) is 1.14. The predicted octanol–water partition coefficient (Wildman–Crippen LogP) is 2.07. The van der Waals surface area contributed by atoms with Crippen molar-refractivity contribution in [2.45, 2.75) is 0 Å². The quantitative estimate of drug-likeness (QED) is 0.408. The van der Waals surface area contributed by atoms with Crippen LogP contribution in [0.3, 0.4) is 0 Å². The summed E-state index contributed by atoms with van der Waals surface area (Å²) in [5, 5.41) is 2.11. The van der Waals surface area contributed by atoms with Crippen molar-refractivity contribution in [3.8, 4) is 0 Å². The van der Waals surface area contributed by atoms with Gasteiger partial charge < -0.3 is 0 Å². The van der Waals surface area contributed by atoms with Crippen LogP contribution in [0.5, 0.6) is 0 Å². The van der Waals surface area contributed by atoms with E-state index in [9.17, 15) is 0 Å². The maximum atomic E-state index is 2.27. The summed E-state index contributed by atoms with van der Waals surface area (Å²) >= 11 is 1.79. The van der Waals surface area contributed by atoms with E-state index in [0.717, 1.165) is 0 Å². The third-order valence-corrected chi connectivity index (χ3v) is 2.52. The van der Waals surface area contributed by atoms with Gasteiger partial charge in [0.25, 0.3) is 0 Å². The van der Waals surface area contributed by atoms with Crippen LogP contribution in [0.4, 0.5) is 0 Å². The molecule has 0 amide bonds. The minimum Gasteiger partial charge on any atom is -0.0736 e. The SMILES string of the molecule is C1=C/C(=C/C2C=CC=C2)[S+]=C1. The molecule has 1 heteroatoms. The van der Waals surface area contributed by atoms with Gasteiger partial charge in [-0.2, -0.15) is 0 Å². The number of hydrogen-bond donors (Lipinski definition) is 0. The normalized spacial score (nSPS) is 24.5. The summed E-state index contributed by atoms with van der Waals surface area (Å²) in [6.07, 6.45) is 15.1. The van der Waals surface area contributed by atoms with Crippen molar-refractivity contribution in [1.82, 2.24) is 0 Å². The summed E-state index contributed by atoms with van der Waals surface area (Å²) in [5.74, 6) is 0.522. The molecule has 1 aliphatic heterocycles. The number of rotatable bonds is 1. The lowest BCUT2D eigenvalue weighted by Crippen LogP contribution is -1.83. The smallest absolute Gasteiger partial charge is 0.0736 e. The Morgan fingerprint density at radius 1 is 1.18 bits per heavy atom. The number of hydrogen-bond acceptors (Lipinski definition) is 0. The van der Waals surface area contributed by atoms with E-state index in [1.807, 2.05) is 0 Å². The molecule has 0 saturated heterocycles. The average molecular weight is 161 g/mol. The fourth-order valence-corrected chi connectivity index (χ4v) is 1.84. The molecule has 1 aliphatic carbocycles. The summed E-state index contributed by atoms with van der Waals surface area (Å²) in [6, 6.07) is 0. The first-order valence-corrected chi connectivity index (χ1v) is 4.56. The first-order chi connectivity index (χ1) is 5.45. The van der Waals surface area contributed by atoms with E-state index in [2.05, 4.69) is 47.9 Å². The highest BCUT2D eigenvalue weighted by Gasteiger charge is 2.10. The van der Waals surface area contributed by atoms with Crippen LogP contribution in [0.1, 0.15) is 0 Å². The molecule has 0 N–H and O–H groups in total. The van der Waals surface area contributed by atoms with Gasteiger partial charge in [0.05, 0.1) is 0 Å². The summed E-state index contributed by atoms with van der Waals surface area (Å²) in [5.41, 5.74) is 0. The maximum Gasteiger partial charge on any atom is 0.227 e. The largest absolute Gasteiger partial charge is 0.227 e. The third kappa shape index (κ3) is 1.55. The molecule has 2 aliphatic rings. The summed E-state index contributed by atoms with van der Waals surface area (Å²) in [4.78, 5) is 1.35. The van der Waals surface area contributed by atoms with Gasteiger partial charge in [0.2, 0.25) is 16.3 Å². The summed E-state index contributed by atoms with van der Waals surface area (Å²) in [7, 11) is 0. The van der Waals surface area contributed by atoms with Crippen LogP contribution in [0.25, 0.3) is 0 Å². The highest BCUT2D eigenvalue weighted by atomic mass is 32.1. The molecule has 0 nitrogen and oxygen atoms in total. The van der Waals surface area contributed by atoms with Crippen LogP contribution in [0.15, 0.2) is 47.4 Å².